The van der Waals surface area contributed by atoms with Gasteiger partial charge < -0.3 is 10.2 Å². The molecule has 2 N–H and O–H groups in total. The fourth-order valence-electron chi connectivity index (χ4n) is 2.60. The molecule has 1 aromatic rings. The minimum absolute atomic E-state index is 0.165. The third kappa shape index (κ3) is 5.72. The third-order valence-electron chi connectivity index (χ3n) is 3.69. The van der Waals surface area contributed by atoms with Crippen LogP contribution in [-0.4, -0.2) is 60.1 Å². The number of carbonyl (C=O) groups excluding carboxylic acids is 2. The molecule has 8 nitrogen and oxygen atoms in total. The van der Waals surface area contributed by atoms with E-state index in [0.717, 1.165) is 0 Å². The molecule has 0 radical (unpaired) electrons. The number of amides is 3. The average molecular weight is 344 g/mol. The van der Waals surface area contributed by atoms with Crippen LogP contribution < -0.4 is 15.5 Å². The topological polar surface area (TPSA) is 101 Å². The number of hydrogen-bond acceptors (Lipinski definition) is 6. The zero-order valence-electron chi connectivity index (χ0n) is 14.9. The van der Waals surface area contributed by atoms with E-state index in [1.807, 2.05) is 30.6 Å². The van der Waals surface area contributed by atoms with Crippen molar-refractivity contribution in [1.29, 1.82) is 5.26 Å². The van der Waals surface area contributed by atoms with Gasteiger partial charge in [0, 0.05) is 37.9 Å². The average Bonchev–Trinajstić information content (AvgIpc) is 2.53. The molecule has 1 fully saturated rings. The summed E-state index contributed by atoms with van der Waals surface area (Å²) in [5.74, 6) is 0.351. The Morgan fingerprint density at radius 3 is 2.56 bits per heavy atom. The van der Waals surface area contributed by atoms with Crippen LogP contribution in [0.4, 0.5) is 10.6 Å². The van der Waals surface area contributed by atoms with Crippen molar-refractivity contribution in [2.45, 2.75) is 26.3 Å². The second kappa shape index (κ2) is 7.94. The predicted octanol–water partition coefficient (Wildman–Crippen LogP) is 0.700. The second-order valence-corrected chi connectivity index (χ2v) is 7.00. The second-order valence-electron chi connectivity index (χ2n) is 7.00. The van der Waals surface area contributed by atoms with Crippen molar-refractivity contribution in [1.82, 2.24) is 20.5 Å². The number of imide groups is 1. The van der Waals surface area contributed by atoms with E-state index >= 15 is 0 Å². The fraction of sp³-hybridized carbons (Fsp3) is 0.529. The molecule has 134 valence electrons. The number of nitriles is 1. The molecule has 1 saturated heterocycles. The van der Waals surface area contributed by atoms with Gasteiger partial charge in [-0.15, -0.1) is 0 Å². The summed E-state index contributed by atoms with van der Waals surface area (Å²) in [6.45, 7) is 8.39. The molecule has 2 rings (SSSR count). The molecule has 8 heteroatoms. The van der Waals surface area contributed by atoms with Gasteiger partial charge in [0.05, 0.1) is 12.1 Å². The van der Waals surface area contributed by atoms with Crippen LogP contribution in [0.25, 0.3) is 0 Å². The Balaban J connectivity index is 1.81. The Hall–Kier alpha value is -2.66. The van der Waals surface area contributed by atoms with E-state index in [-0.39, 0.29) is 12.5 Å². The molecule has 0 aromatic carbocycles. The highest BCUT2D eigenvalue weighted by Gasteiger charge is 2.22. The maximum absolute atomic E-state index is 12.0. The molecule has 0 bridgehead atoms. The third-order valence-corrected chi connectivity index (χ3v) is 3.69. The first-order chi connectivity index (χ1) is 11.8. The van der Waals surface area contributed by atoms with Crippen molar-refractivity contribution in [2.75, 3.05) is 37.6 Å². The van der Waals surface area contributed by atoms with Gasteiger partial charge in [0.25, 0.3) is 0 Å². The zero-order valence-corrected chi connectivity index (χ0v) is 14.9. The summed E-state index contributed by atoms with van der Waals surface area (Å²) in [4.78, 5) is 32.0. The summed E-state index contributed by atoms with van der Waals surface area (Å²) in [6, 6.07) is 5.15. The molecule has 2 heterocycles. The zero-order chi connectivity index (χ0) is 18.4. The van der Waals surface area contributed by atoms with Crippen molar-refractivity contribution in [2.24, 2.45) is 0 Å². The Morgan fingerprint density at radius 2 is 1.96 bits per heavy atom. The highest BCUT2D eigenvalue weighted by atomic mass is 16.2. The van der Waals surface area contributed by atoms with Crippen LogP contribution in [0.1, 0.15) is 26.3 Å². The number of aromatic nitrogens is 1. The minimum atomic E-state index is -0.483. The Kier molecular flexibility index (Phi) is 5.93. The number of piperazine rings is 1. The van der Waals surface area contributed by atoms with Crippen LogP contribution >= 0.6 is 0 Å². The molecule has 0 saturated carbocycles. The Bertz CT molecular complexity index is 668. The van der Waals surface area contributed by atoms with Gasteiger partial charge in [-0.3, -0.25) is 15.0 Å². The summed E-state index contributed by atoms with van der Waals surface area (Å²) in [6.07, 6.45) is 1.67. The van der Waals surface area contributed by atoms with Gasteiger partial charge in [0.1, 0.15) is 11.9 Å². The SMILES string of the molecule is CC(C)(C)NC(=O)NC(=O)CN1CCN(c2ncccc2C#N)CC1. The molecule has 25 heavy (non-hydrogen) atoms. The van der Waals surface area contributed by atoms with Crippen LogP contribution in [0.3, 0.4) is 0 Å². The Morgan fingerprint density at radius 1 is 1.28 bits per heavy atom. The van der Waals surface area contributed by atoms with Crippen molar-refractivity contribution < 1.29 is 9.59 Å². The highest BCUT2D eigenvalue weighted by molar-refractivity contribution is 5.95. The first kappa shape index (κ1) is 18.7. The number of anilines is 1. The molecule has 0 atom stereocenters. The number of nitrogens with zero attached hydrogens (tertiary/aromatic N) is 4. The molecule has 0 aliphatic carbocycles. The highest BCUT2D eigenvalue weighted by Crippen LogP contribution is 2.17. The lowest BCUT2D eigenvalue weighted by Crippen LogP contribution is -2.53. The van der Waals surface area contributed by atoms with Gasteiger partial charge in [0.2, 0.25) is 5.91 Å². The number of urea groups is 1. The van der Waals surface area contributed by atoms with E-state index in [9.17, 15) is 9.59 Å². The predicted molar refractivity (Wildman–Crippen MR) is 94.0 cm³/mol. The number of pyridine rings is 1. The van der Waals surface area contributed by atoms with E-state index in [2.05, 4.69) is 21.7 Å². The lowest BCUT2D eigenvalue weighted by molar-refractivity contribution is -0.121. The van der Waals surface area contributed by atoms with Crippen molar-refractivity contribution in [3.8, 4) is 6.07 Å². The Labute approximate surface area is 147 Å². The summed E-state index contributed by atoms with van der Waals surface area (Å²) in [7, 11) is 0. The molecule has 0 spiro atoms. The smallest absolute Gasteiger partial charge is 0.321 e. The van der Waals surface area contributed by atoms with Crippen LogP contribution in [0.5, 0.6) is 0 Å². The summed E-state index contributed by atoms with van der Waals surface area (Å²) in [5, 5.41) is 14.2. The molecule has 1 aromatic heterocycles. The number of carbonyl (C=O) groups is 2. The summed E-state index contributed by atoms with van der Waals surface area (Å²) in [5.41, 5.74) is 0.157. The normalized spacial score (nSPS) is 15.4. The molecular formula is C17H24N6O2. The van der Waals surface area contributed by atoms with E-state index in [1.165, 1.54) is 0 Å². The quantitative estimate of drug-likeness (QED) is 0.837. The minimum Gasteiger partial charge on any atom is -0.353 e. The van der Waals surface area contributed by atoms with Gasteiger partial charge in [-0.05, 0) is 32.9 Å². The fourth-order valence-corrected chi connectivity index (χ4v) is 2.60. The van der Waals surface area contributed by atoms with Gasteiger partial charge >= 0.3 is 6.03 Å². The monoisotopic (exact) mass is 344 g/mol. The van der Waals surface area contributed by atoms with Crippen molar-refractivity contribution in [3.05, 3.63) is 23.9 Å². The molecule has 3 amide bonds. The lowest BCUT2D eigenvalue weighted by atomic mass is 10.1. The molecule has 0 unspecified atom stereocenters. The molecule has 1 aliphatic rings. The maximum Gasteiger partial charge on any atom is 0.321 e. The van der Waals surface area contributed by atoms with E-state index in [0.29, 0.717) is 37.6 Å². The first-order valence-electron chi connectivity index (χ1n) is 8.23. The largest absolute Gasteiger partial charge is 0.353 e. The van der Waals surface area contributed by atoms with Gasteiger partial charge in [-0.2, -0.15) is 5.26 Å². The van der Waals surface area contributed by atoms with Crippen LogP contribution in [0.2, 0.25) is 0 Å². The van der Waals surface area contributed by atoms with Gasteiger partial charge in [-0.25, -0.2) is 9.78 Å². The molecule has 1 aliphatic heterocycles. The lowest BCUT2D eigenvalue weighted by Gasteiger charge is -2.35. The summed E-state index contributed by atoms with van der Waals surface area (Å²) >= 11 is 0. The number of rotatable bonds is 3. The van der Waals surface area contributed by atoms with Gasteiger partial charge in [0.15, 0.2) is 0 Å². The van der Waals surface area contributed by atoms with Crippen LogP contribution in [0, 0.1) is 11.3 Å². The molecular weight excluding hydrogens is 320 g/mol. The van der Waals surface area contributed by atoms with E-state index in [4.69, 9.17) is 5.26 Å². The number of hydrogen-bond donors (Lipinski definition) is 2. The van der Waals surface area contributed by atoms with Crippen molar-refractivity contribution >= 4 is 17.8 Å². The standard InChI is InChI=1S/C17H24N6O2/c1-17(2,3)21-16(25)20-14(24)12-22-7-9-23(10-8-22)15-13(11-18)5-4-6-19-15/h4-6H,7-10,12H2,1-3H3,(H2,20,21,24,25). The number of nitrogens with one attached hydrogen (secondary N) is 2. The van der Waals surface area contributed by atoms with Crippen molar-refractivity contribution in [3.63, 3.8) is 0 Å². The van der Waals surface area contributed by atoms with Crippen LogP contribution in [0.15, 0.2) is 18.3 Å². The summed E-state index contributed by atoms with van der Waals surface area (Å²) < 4.78 is 0. The van der Waals surface area contributed by atoms with Gasteiger partial charge in [-0.1, -0.05) is 0 Å². The van der Waals surface area contributed by atoms with E-state index in [1.54, 1.807) is 18.3 Å². The van der Waals surface area contributed by atoms with Crippen LogP contribution in [-0.2, 0) is 4.79 Å². The first-order valence-corrected chi connectivity index (χ1v) is 8.23. The van der Waals surface area contributed by atoms with E-state index < -0.39 is 11.6 Å². The maximum atomic E-state index is 12.0.